The summed E-state index contributed by atoms with van der Waals surface area (Å²) >= 11 is 0. The molecule has 2 heteroatoms. The van der Waals surface area contributed by atoms with Gasteiger partial charge in [-0.3, -0.25) is 0 Å². The molecule has 2 aromatic heterocycles. The fraction of sp³-hybridized carbons (Fsp3) is 0.0385. The molecule has 0 saturated heterocycles. The summed E-state index contributed by atoms with van der Waals surface area (Å²) in [6.45, 7) is 4.17. The van der Waals surface area contributed by atoms with E-state index >= 15 is 0 Å². The first-order valence-corrected chi connectivity index (χ1v) is 37.0. The maximum atomic E-state index is 2.50. The Hall–Kier alpha value is -13.4. The lowest BCUT2D eigenvalue weighted by Gasteiger charge is -2.34. The number of hydrogen-bond donors (Lipinski definition) is 0. The lowest BCUT2D eigenvalue weighted by atomic mass is 9.67. The maximum absolute atomic E-state index is 2.50. The number of rotatable bonds is 13. The topological polar surface area (TPSA) is 9.86 Å². The molecule has 2 aliphatic carbocycles. The Balaban J connectivity index is 0.746. The van der Waals surface area contributed by atoms with Crippen molar-refractivity contribution < 1.29 is 0 Å². The van der Waals surface area contributed by atoms with Gasteiger partial charge in [-0.25, -0.2) is 0 Å². The SMILES string of the molecule is C/C=C/c1ccc(C2(c3ccccc3)c3ccccc3-c3ccc(-c4cccc(-n5c6ccc(-c7ccccc7)cc6c6ccc(-c7ccc8c9cc(-c%10ccccc%10)ccc9n(-c9cccc(-c%10ccc%11c(c%10)C(c%10ccccc%10)(c%10ccc(/C=C/C)cc%10)c%10ccccc%10-%11)c9)c8c7)cc65)c4)cc32)cc1. The van der Waals surface area contributed by atoms with E-state index in [0.29, 0.717) is 0 Å². The average Bonchev–Trinajstić information content (AvgIpc) is 1.54. The number of hydrogen-bond acceptors (Lipinski definition) is 0. The lowest BCUT2D eigenvalue weighted by Crippen LogP contribution is -2.28. The summed E-state index contributed by atoms with van der Waals surface area (Å²) in [6.07, 6.45) is 8.58. The quantitative estimate of drug-likeness (QED) is 0.109. The van der Waals surface area contributed by atoms with Crippen LogP contribution in [0.1, 0.15) is 69.5 Å². The van der Waals surface area contributed by atoms with Gasteiger partial charge >= 0.3 is 0 Å². The lowest BCUT2D eigenvalue weighted by molar-refractivity contribution is 0.768. The van der Waals surface area contributed by atoms with Gasteiger partial charge in [-0.2, -0.15) is 0 Å². The summed E-state index contributed by atoms with van der Waals surface area (Å²) in [5.41, 5.74) is 35.0. The summed E-state index contributed by atoms with van der Waals surface area (Å²) in [6, 6.07) is 142. The van der Waals surface area contributed by atoms with E-state index in [1.807, 2.05) is 0 Å². The highest BCUT2D eigenvalue weighted by Crippen LogP contribution is 2.59. The van der Waals surface area contributed by atoms with Gasteiger partial charge in [0.1, 0.15) is 0 Å². The Labute approximate surface area is 618 Å². The van der Waals surface area contributed by atoms with Crippen molar-refractivity contribution in [2.24, 2.45) is 0 Å². The zero-order valence-corrected chi connectivity index (χ0v) is 59.0. The van der Waals surface area contributed by atoms with Gasteiger partial charge in [-0.05, 0) is 220 Å². The van der Waals surface area contributed by atoms with Gasteiger partial charge < -0.3 is 9.13 Å². The molecule has 2 atom stereocenters. The van der Waals surface area contributed by atoms with Crippen molar-refractivity contribution in [1.29, 1.82) is 0 Å². The second-order valence-corrected chi connectivity index (χ2v) is 28.5. The van der Waals surface area contributed by atoms with Gasteiger partial charge in [0, 0.05) is 32.9 Å². The van der Waals surface area contributed by atoms with E-state index in [-0.39, 0.29) is 0 Å². The van der Waals surface area contributed by atoms with Crippen LogP contribution in [0.5, 0.6) is 0 Å². The molecule has 0 amide bonds. The van der Waals surface area contributed by atoms with Crippen LogP contribution in [0.15, 0.2) is 388 Å². The van der Waals surface area contributed by atoms with Crippen molar-refractivity contribution in [2.45, 2.75) is 24.7 Å². The smallest absolute Gasteiger partial charge is 0.0713 e. The van der Waals surface area contributed by atoms with Crippen LogP contribution in [-0.4, -0.2) is 9.13 Å². The average molecular weight is 1350 g/mol. The largest absolute Gasteiger partial charge is 0.309 e. The van der Waals surface area contributed by atoms with E-state index in [4.69, 9.17) is 0 Å². The molecule has 0 fully saturated rings. The minimum Gasteiger partial charge on any atom is -0.309 e. The maximum Gasteiger partial charge on any atom is 0.0713 e. The van der Waals surface area contributed by atoms with Gasteiger partial charge in [0.25, 0.3) is 0 Å². The summed E-state index contributed by atoms with van der Waals surface area (Å²) < 4.78 is 5.01. The number of fused-ring (bicyclic) bond motifs is 12. The molecule has 0 aliphatic heterocycles. The minimum absolute atomic E-state index is 0.545. The third kappa shape index (κ3) is 9.79. The second-order valence-electron chi connectivity index (χ2n) is 28.5. The van der Waals surface area contributed by atoms with Gasteiger partial charge in [0.15, 0.2) is 0 Å². The molecule has 0 saturated carbocycles. The van der Waals surface area contributed by atoms with E-state index in [0.717, 1.165) is 55.7 Å². The van der Waals surface area contributed by atoms with Crippen LogP contribution in [0.25, 0.3) is 145 Å². The van der Waals surface area contributed by atoms with Crippen molar-refractivity contribution in [1.82, 2.24) is 9.13 Å². The third-order valence-corrected chi connectivity index (χ3v) is 22.9. The summed E-state index contributed by atoms with van der Waals surface area (Å²) in [4.78, 5) is 0. The Bertz CT molecular complexity index is 6150. The molecular weight excluding hydrogens is 1280 g/mol. The van der Waals surface area contributed by atoms with Crippen LogP contribution in [-0.2, 0) is 10.8 Å². The summed E-state index contributed by atoms with van der Waals surface area (Å²) in [5, 5.41) is 4.81. The minimum atomic E-state index is -0.545. The van der Waals surface area contributed by atoms with Crippen LogP contribution in [0.2, 0.25) is 0 Å². The molecule has 2 heterocycles. The molecular formula is C104H72N2. The highest BCUT2D eigenvalue weighted by Gasteiger charge is 2.48. The van der Waals surface area contributed by atoms with E-state index < -0.39 is 10.8 Å². The van der Waals surface area contributed by atoms with Crippen LogP contribution in [0.4, 0.5) is 0 Å². The van der Waals surface area contributed by atoms with E-state index in [9.17, 15) is 0 Å². The Morgan fingerprint density at radius 3 is 0.943 bits per heavy atom. The normalized spacial score (nSPS) is 15.1. The van der Waals surface area contributed by atoms with Gasteiger partial charge in [-0.1, -0.05) is 328 Å². The standard InChI is InChI=1S/C104H72N2/c1-3-23-69-41-51-83(52-42-69)103(81-31-13-7-14-32-81)95-39-19-17-37-87(95)89-55-45-77(65-97(89)103)73-29-21-35-85(61-73)105-99-59-49-75(71-25-9-5-10-26-71)63-93(99)91-57-47-79(67-101(91)105)80-48-58-92-94-64-76(72-27-11-6-12-28-72)50-60-100(94)106(102(92)68-80)86-36-22-30-74(62-86)78-46-56-90-88-38-18-20-40-96(88)104(98(90)66-78,82-33-15-8-16-34-82)84-53-43-70(24-4-2)44-54-84/h3-68H,1-2H3/b23-3+,24-4+. The second kappa shape index (κ2) is 25.2. The van der Waals surface area contributed by atoms with Crippen LogP contribution in [0.3, 0.4) is 0 Å². The first kappa shape index (κ1) is 62.4. The summed E-state index contributed by atoms with van der Waals surface area (Å²) in [5.74, 6) is 0. The van der Waals surface area contributed by atoms with Crippen molar-refractivity contribution in [3.05, 3.63) is 444 Å². The van der Waals surface area contributed by atoms with Crippen LogP contribution in [0, 0.1) is 0 Å². The zero-order valence-electron chi connectivity index (χ0n) is 59.0. The molecule has 106 heavy (non-hydrogen) atoms. The number of allylic oxidation sites excluding steroid dienone is 2. The number of benzene rings is 16. The van der Waals surface area contributed by atoms with Gasteiger partial charge in [0.05, 0.1) is 32.9 Å². The molecule has 20 rings (SSSR count). The molecule has 0 bridgehead atoms. The Morgan fingerprint density at radius 2 is 0.528 bits per heavy atom. The van der Waals surface area contributed by atoms with E-state index in [1.54, 1.807) is 0 Å². The van der Waals surface area contributed by atoms with E-state index in [2.05, 4.69) is 423 Å². The van der Waals surface area contributed by atoms with Crippen molar-refractivity contribution in [3.8, 4) is 89.3 Å². The fourth-order valence-electron chi connectivity index (χ4n) is 18.2. The highest BCUT2D eigenvalue weighted by atomic mass is 15.0. The predicted molar refractivity (Wildman–Crippen MR) is 446 cm³/mol. The summed E-state index contributed by atoms with van der Waals surface area (Å²) in [7, 11) is 0. The molecule has 2 nitrogen and oxygen atoms in total. The van der Waals surface area contributed by atoms with Crippen molar-refractivity contribution in [2.75, 3.05) is 0 Å². The first-order valence-electron chi connectivity index (χ1n) is 37.0. The molecule has 0 radical (unpaired) electrons. The number of aromatic nitrogens is 2. The third-order valence-electron chi connectivity index (χ3n) is 22.9. The highest BCUT2D eigenvalue weighted by molar-refractivity contribution is 6.14. The molecule has 18 aromatic rings. The zero-order chi connectivity index (χ0) is 70.5. The Kier molecular flexibility index (Phi) is 14.9. The predicted octanol–water partition coefficient (Wildman–Crippen LogP) is 27.0. The monoisotopic (exact) mass is 1350 g/mol. The molecule has 498 valence electrons. The molecule has 0 spiro atoms. The fourth-order valence-corrected chi connectivity index (χ4v) is 18.2. The van der Waals surface area contributed by atoms with Crippen molar-refractivity contribution in [3.63, 3.8) is 0 Å². The first-order chi connectivity index (χ1) is 52.4. The van der Waals surface area contributed by atoms with Gasteiger partial charge in [0.2, 0.25) is 0 Å². The number of nitrogens with zero attached hydrogens (tertiary/aromatic N) is 2. The molecule has 16 aromatic carbocycles. The van der Waals surface area contributed by atoms with Crippen LogP contribution < -0.4 is 0 Å². The van der Waals surface area contributed by atoms with Crippen molar-refractivity contribution >= 4 is 55.8 Å². The van der Waals surface area contributed by atoms with Crippen LogP contribution >= 0.6 is 0 Å². The van der Waals surface area contributed by atoms with Gasteiger partial charge in [-0.15, -0.1) is 0 Å². The Morgan fingerprint density at radius 1 is 0.208 bits per heavy atom. The molecule has 2 aliphatic rings. The van der Waals surface area contributed by atoms with E-state index in [1.165, 1.54) is 133 Å². The molecule has 0 N–H and O–H groups in total. The molecule has 2 unspecified atom stereocenters.